The Hall–Kier alpha value is -1.89. The van der Waals surface area contributed by atoms with Crippen LogP contribution in [-0.4, -0.2) is 45.2 Å². The van der Waals surface area contributed by atoms with Crippen LogP contribution in [0.2, 0.25) is 0 Å². The Labute approximate surface area is 117 Å². The Morgan fingerprint density at radius 3 is 2.79 bits per heavy atom. The van der Waals surface area contributed by atoms with Crippen molar-refractivity contribution < 1.29 is 14.7 Å². The molecule has 7 heteroatoms. The van der Waals surface area contributed by atoms with Crippen molar-refractivity contribution in [1.29, 1.82) is 0 Å². The fourth-order valence-electron chi connectivity index (χ4n) is 1.66. The molecule has 1 heterocycles. The molecule has 0 spiro atoms. The van der Waals surface area contributed by atoms with Crippen molar-refractivity contribution in [3.63, 3.8) is 0 Å². The largest absolute Gasteiger partial charge is 0.480 e. The third-order valence-corrected chi connectivity index (χ3v) is 3.48. The number of carboxylic acid groups (broad SMARTS) is 1. The van der Waals surface area contributed by atoms with Crippen molar-refractivity contribution in [2.24, 2.45) is 0 Å². The number of fused-ring (bicyclic) bond motifs is 1. The molecule has 2 rings (SSSR count). The lowest BCUT2D eigenvalue weighted by Gasteiger charge is -2.20. The van der Waals surface area contributed by atoms with Gasteiger partial charge in [0.2, 0.25) is 0 Å². The van der Waals surface area contributed by atoms with E-state index in [0.717, 1.165) is 14.9 Å². The summed E-state index contributed by atoms with van der Waals surface area (Å²) in [4.78, 5) is 24.3. The zero-order chi connectivity index (χ0) is 14.2. The molecule has 1 amide bonds. The number of aliphatic carboxylic acids is 1. The van der Waals surface area contributed by atoms with Crippen LogP contribution in [0, 0.1) is 0 Å². The SMILES string of the molecule is CC(C(=O)O)N(C)C(=O)c1n[nH]c2ccc(Br)cc12. The minimum absolute atomic E-state index is 0.215. The van der Waals surface area contributed by atoms with Crippen molar-refractivity contribution in [2.45, 2.75) is 13.0 Å². The average Bonchev–Trinajstić information content (AvgIpc) is 2.78. The number of rotatable bonds is 3. The summed E-state index contributed by atoms with van der Waals surface area (Å²) < 4.78 is 0.824. The number of aromatic amines is 1. The molecule has 1 aromatic carbocycles. The molecular formula is C12H12BrN3O3. The van der Waals surface area contributed by atoms with E-state index in [2.05, 4.69) is 26.1 Å². The summed E-state index contributed by atoms with van der Waals surface area (Å²) in [6, 6.07) is 4.49. The highest BCUT2D eigenvalue weighted by molar-refractivity contribution is 9.10. The van der Waals surface area contributed by atoms with E-state index >= 15 is 0 Å². The number of nitrogens with one attached hydrogen (secondary N) is 1. The van der Waals surface area contributed by atoms with Crippen molar-refractivity contribution in [2.75, 3.05) is 7.05 Å². The van der Waals surface area contributed by atoms with E-state index in [1.165, 1.54) is 14.0 Å². The van der Waals surface area contributed by atoms with Crippen LogP contribution in [0.15, 0.2) is 22.7 Å². The zero-order valence-corrected chi connectivity index (χ0v) is 11.9. The Morgan fingerprint density at radius 1 is 1.47 bits per heavy atom. The molecule has 1 aromatic heterocycles. The van der Waals surface area contributed by atoms with Crippen LogP contribution < -0.4 is 0 Å². The average molecular weight is 326 g/mol. The molecule has 0 radical (unpaired) electrons. The molecule has 0 saturated carbocycles. The van der Waals surface area contributed by atoms with Gasteiger partial charge in [-0.15, -0.1) is 0 Å². The number of nitrogens with zero attached hydrogens (tertiary/aromatic N) is 2. The van der Waals surface area contributed by atoms with Crippen LogP contribution in [0.5, 0.6) is 0 Å². The lowest BCUT2D eigenvalue weighted by atomic mass is 10.2. The summed E-state index contributed by atoms with van der Waals surface area (Å²) >= 11 is 3.33. The number of carbonyl (C=O) groups is 2. The van der Waals surface area contributed by atoms with Gasteiger partial charge in [0, 0.05) is 16.9 Å². The highest BCUT2D eigenvalue weighted by Gasteiger charge is 2.25. The molecule has 0 aliphatic carbocycles. The van der Waals surface area contributed by atoms with E-state index in [4.69, 9.17) is 5.11 Å². The summed E-state index contributed by atoms with van der Waals surface area (Å²) in [5.41, 5.74) is 0.940. The number of H-pyrrole nitrogens is 1. The third kappa shape index (κ3) is 2.46. The van der Waals surface area contributed by atoms with Crippen molar-refractivity contribution in [3.8, 4) is 0 Å². The fraction of sp³-hybridized carbons (Fsp3) is 0.250. The minimum Gasteiger partial charge on any atom is -0.480 e. The predicted octanol–water partition coefficient (Wildman–Crippen LogP) is 1.87. The van der Waals surface area contributed by atoms with E-state index in [1.807, 2.05) is 6.07 Å². The van der Waals surface area contributed by atoms with Crippen LogP contribution >= 0.6 is 15.9 Å². The first-order valence-corrected chi connectivity index (χ1v) is 6.34. The van der Waals surface area contributed by atoms with E-state index in [-0.39, 0.29) is 5.69 Å². The third-order valence-electron chi connectivity index (χ3n) is 2.99. The summed E-state index contributed by atoms with van der Waals surface area (Å²) in [6.45, 7) is 1.45. The topological polar surface area (TPSA) is 86.3 Å². The lowest BCUT2D eigenvalue weighted by molar-refractivity contribution is -0.141. The standard InChI is InChI=1S/C12H12BrN3O3/c1-6(12(18)19)16(2)11(17)10-8-5-7(13)3-4-9(8)14-15-10/h3-6H,1-2H3,(H,14,15)(H,18,19). The molecule has 1 atom stereocenters. The summed E-state index contributed by atoms with van der Waals surface area (Å²) in [7, 11) is 1.44. The van der Waals surface area contributed by atoms with E-state index < -0.39 is 17.9 Å². The van der Waals surface area contributed by atoms with Crippen LogP contribution in [0.25, 0.3) is 10.9 Å². The van der Waals surface area contributed by atoms with Crippen LogP contribution in [0.3, 0.4) is 0 Å². The fourth-order valence-corrected chi connectivity index (χ4v) is 2.02. The predicted molar refractivity (Wildman–Crippen MR) is 73.0 cm³/mol. The second-order valence-corrected chi connectivity index (χ2v) is 5.11. The van der Waals surface area contributed by atoms with Gasteiger partial charge < -0.3 is 10.0 Å². The molecule has 2 N–H and O–H groups in total. The van der Waals surface area contributed by atoms with Crippen LogP contribution in [0.1, 0.15) is 17.4 Å². The molecule has 1 unspecified atom stereocenters. The number of carboxylic acids is 1. The number of hydrogen-bond acceptors (Lipinski definition) is 3. The summed E-state index contributed by atoms with van der Waals surface area (Å²) in [5.74, 6) is -1.49. The van der Waals surface area contributed by atoms with Gasteiger partial charge in [-0.3, -0.25) is 9.89 Å². The Bertz CT molecular complexity index is 653. The second kappa shape index (κ2) is 5.00. The molecule has 100 valence electrons. The Kier molecular flexibility index (Phi) is 3.57. The van der Waals surface area contributed by atoms with Crippen molar-refractivity contribution in [1.82, 2.24) is 15.1 Å². The van der Waals surface area contributed by atoms with Gasteiger partial charge in [-0.1, -0.05) is 15.9 Å². The maximum Gasteiger partial charge on any atom is 0.326 e. The molecule has 0 aliphatic heterocycles. The number of amides is 1. The van der Waals surface area contributed by atoms with Crippen LogP contribution in [-0.2, 0) is 4.79 Å². The Balaban J connectivity index is 2.41. The number of aromatic nitrogens is 2. The first kappa shape index (κ1) is 13.5. The normalized spacial score (nSPS) is 12.4. The van der Waals surface area contributed by atoms with E-state index in [9.17, 15) is 9.59 Å². The number of carbonyl (C=O) groups excluding carboxylic acids is 1. The highest BCUT2D eigenvalue weighted by Crippen LogP contribution is 2.22. The summed E-state index contributed by atoms with van der Waals surface area (Å²) in [6.07, 6.45) is 0. The molecule has 0 bridgehead atoms. The maximum absolute atomic E-state index is 12.2. The van der Waals surface area contributed by atoms with Gasteiger partial charge >= 0.3 is 5.97 Å². The zero-order valence-electron chi connectivity index (χ0n) is 10.3. The maximum atomic E-state index is 12.2. The van der Waals surface area contributed by atoms with Gasteiger partial charge in [-0.05, 0) is 25.1 Å². The number of hydrogen-bond donors (Lipinski definition) is 2. The van der Waals surface area contributed by atoms with Crippen molar-refractivity contribution in [3.05, 3.63) is 28.4 Å². The first-order valence-electron chi connectivity index (χ1n) is 5.55. The van der Waals surface area contributed by atoms with Gasteiger partial charge in [0.25, 0.3) is 5.91 Å². The van der Waals surface area contributed by atoms with Gasteiger partial charge in [-0.2, -0.15) is 5.10 Å². The first-order chi connectivity index (χ1) is 8.91. The number of benzene rings is 1. The molecular weight excluding hydrogens is 314 g/mol. The molecule has 6 nitrogen and oxygen atoms in total. The van der Waals surface area contributed by atoms with Gasteiger partial charge in [0.05, 0.1) is 5.52 Å². The molecule has 0 saturated heterocycles. The quantitative estimate of drug-likeness (QED) is 0.901. The van der Waals surface area contributed by atoms with Crippen molar-refractivity contribution >= 4 is 38.7 Å². The van der Waals surface area contributed by atoms with E-state index in [0.29, 0.717) is 5.39 Å². The molecule has 0 aliphatic rings. The van der Waals surface area contributed by atoms with Crippen LogP contribution in [0.4, 0.5) is 0 Å². The summed E-state index contributed by atoms with van der Waals surface area (Å²) in [5, 5.41) is 16.3. The Morgan fingerprint density at radius 2 is 2.16 bits per heavy atom. The van der Waals surface area contributed by atoms with Gasteiger partial charge in [0.1, 0.15) is 6.04 Å². The van der Waals surface area contributed by atoms with Gasteiger partial charge in [0.15, 0.2) is 5.69 Å². The van der Waals surface area contributed by atoms with Gasteiger partial charge in [-0.25, -0.2) is 4.79 Å². The molecule has 0 fully saturated rings. The number of likely N-dealkylation sites (N-methyl/N-ethyl adjacent to an activating group) is 1. The minimum atomic E-state index is -1.06. The van der Waals surface area contributed by atoms with E-state index in [1.54, 1.807) is 12.1 Å². The number of halogens is 1. The second-order valence-electron chi connectivity index (χ2n) is 4.19. The molecule has 2 aromatic rings. The highest BCUT2D eigenvalue weighted by atomic mass is 79.9. The smallest absolute Gasteiger partial charge is 0.326 e. The molecule has 19 heavy (non-hydrogen) atoms. The lowest BCUT2D eigenvalue weighted by Crippen LogP contribution is -2.40. The monoisotopic (exact) mass is 325 g/mol.